The van der Waals surface area contributed by atoms with Gasteiger partial charge < -0.3 is 10.2 Å². The molecule has 12 heteroatoms. The highest BCUT2D eigenvalue weighted by Gasteiger charge is 2.31. The zero-order valence-corrected chi connectivity index (χ0v) is 23.5. The summed E-state index contributed by atoms with van der Waals surface area (Å²) in [4.78, 5) is 27.7. The zero-order valence-electron chi connectivity index (χ0n) is 19.7. The van der Waals surface area contributed by atoms with Crippen LogP contribution in [0.2, 0.25) is 20.1 Å². The van der Waals surface area contributed by atoms with Crippen molar-refractivity contribution in [2.24, 2.45) is 0 Å². The Bertz CT molecular complexity index is 1190. The van der Waals surface area contributed by atoms with Gasteiger partial charge >= 0.3 is 0 Å². The number of carbonyl (C=O) groups excluding carboxylic acids is 2. The Kier molecular flexibility index (Phi) is 10.5. The largest absolute Gasteiger partial charge is 0.352 e. The normalized spacial score (nSPS) is 13.1. The number of benzene rings is 2. The lowest BCUT2D eigenvalue weighted by atomic mass is 10.1. The highest BCUT2D eigenvalue weighted by Crippen LogP contribution is 2.34. The second-order valence-corrected chi connectivity index (χ2v) is 11.6. The molecule has 2 aromatic rings. The Balaban J connectivity index is 2.47. The zero-order chi connectivity index (χ0) is 26.5. The van der Waals surface area contributed by atoms with Gasteiger partial charge in [0.1, 0.15) is 12.6 Å². The van der Waals surface area contributed by atoms with Crippen molar-refractivity contribution in [1.29, 1.82) is 0 Å². The molecule has 0 radical (unpaired) electrons. The van der Waals surface area contributed by atoms with Crippen LogP contribution in [0.25, 0.3) is 0 Å². The van der Waals surface area contributed by atoms with E-state index >= 15 is 0 Å². The van der Waals surface area contributed by atoms with Gasteiger partial charge in [-0.25, -0.2) is 8.42 Å². The van der Waals surface area contributed by atoms with Crippen molar-refractivity contribution in [2.45, 2.75) is 45.8 Å². The molecule has 0 fully saturated rings. The van der Waals surface area contributed by atoms with Crippen LogP contribution in [-0.4, -0.2) is 50.0 Å². The average Bonchev–Trinajstić information content (AvgIpc) is 2.77. The molecule has 0 saturated heterocycles. The standard InChI is InChI=1S/C23H27Cl4N3O4S/c1-5-14(2)28-23(32)15(3)29(12-16-9-10-17(24)11-19(16)26)21(31)13-30(35(4,33)34)20-8-6-7-18(25)22(20)27/h6-11,14-15H,5,12-13H2,1-4H3,(H,28,32)/t14-,15-/m0/s1. The number of carbonyl (C=O) groups is 2. The minimum atomic E-state index is -3.94. The van der Waals surface area contributed by atoms with Gasteiger partial charge in [-0.2, -0.15) is 0 Å². The summed E-state index contributed by atoms with van der Waals surface area (Å²) in [5, 5.41) is 3.70. The number of sulfonamides is 1. The number of hydrogen-bond donors (Lipinski definition) is 1. The number of nitrogens with zero attached hydrogens (tertiary/aromatic N) is 2. The van der Waals surface area contributed by atoms with Crippen molar-refractivity contribution < 1.29 is 18.0 Å². The molecule has 0 saturated carbocycles. The lowest BCUT2D eigenvalue weighted by molar-refractivity contribution is -0.139. The molecule has 0 bridgehead atoms. The highest BCUT2D eigenvalue weighted by atomic mass is 35.5. The number of anilines is 1. The first-order chi connectivity index (χ1) is 16.3. The molecule has 2 atom stereocenters. The van der Waals surface area contributed by atoms with Gasteiger partial charge in [0.25, 0.3) is 0 Å². The monoisotopic (exact) mass is 581 g/mol. The van der Waals surface area contributed by atoms with Gasteiger partial charge in [-0.3, -0.25) is 13.9 Å². The van der Waals surface area contributed by atoms with Gasteiger partial charge in [0.2, 0.25) is 21.8 Å². The maximum absolute atomic E-state index is 13.5. The predicted octanol–water partition coefficient (Wildman–Crippen LogP) is 5.40. The Labute approximate surface area is 226 Å². The summed E-state index contributed by atoms with van der Waals surface area (Å²) in [5.74, 6) is -1.02. The maximum Gasteiger partial charge on any atom is 0.244 e. The molecular formula is C23H27Cl4N3O4S. The fourth-order valence-corrected chi connectivity index (χ4v) is 4.93. The molecule has 2 aromatic carbocycles. The predicted molar refractivity (Wildman–Crippen MR) is 143 cm³/mol. The fraction of sp³-hybridized carbons (Fsp3) is 0.391. The summed E-state index contributed by atoms with van der Waals surface area (Å²) in [6, 6.07) is 8.22. The van der Waals surface area contributed by atoms with Gasteiger partial charge in [0, 0.05) is 22.6 Å². The van der Waals surface area contributed by atoms with Crippen molar-refractivity contribution in [2.75, 3.05) is 17.1 Å². The Morgan fingerprint density at radius 2 is 1.69 bits per heavy atom. The molecule has 0 spiro atoms. The number of nitrogens with one attached hydrogen (secondary N) is 1. The molecular weight excluding hydrogens is 556 g/mol. The van der Waals surface area contributed by atoms with Gasteiger partial charge in [0.15, 0.2) is 0 Å². The molecule has 2 amide bonds. The van der Waals surface area contributed by atoms with Gasteiger partial charge in [-0.05, 0) is 50.1 Å². The van der Waals surface area contributed by atoms with Gasteiger partial charge in [-0.1, -0.05) is 65.5 Å². The molecule has 7 nitrogen and oxygen atoms in total. The Morgan fingerprint density at radius 3 is 2.26 bits per heavy atom. The van der Waals surface area contributed by atoms with E-state index in [1.807, 2.05) is 13.8 Å². The molecule has 1 N–H and O–H groups in total. The van der Waals surface area contributed by atoms with E-state index in [4.69, 9.17) is 46.4 Å². The van der Waals surface area contributed by atoms with Crippen molar-refractivity contribution in [3.05, 3.63) is 62.1 Å². The smallest absolute Gasteiger partial charge is 0.244 e. The average molecular weight is 583 g/mol. The molecule has 0 aliphatic heterocycles. The van der Waals surface area contributed by atoms with Crippen molar-refractivity contribution in [1.82, 2.24) is 10.2 Å². The maximum atomic E-state index is 13.5. The van der Waals surface area contributed by atoms with Crippen LogP contribution in [0.3, 0.4) is 0 Å². The van der Waals surface area contributed by atoms with Crippen LogP contribution in [0.15, 0.2) is 36.4 Å². The molecule has 0 aliphatic rings. The minimum Gasteiger partial charge on any atom is -0.352 e. The molecule has 0 aromatic heterocycles. The van der Waals surface area contributed by atoms with Crippen molar-refractivity contribution in [3.63, 3.8) is 0 Å². The first-order valence-corrected chi connectivity index (χ1v) is 14.1. The SMILES string of the molecule is CC[C@H](C)NC(=O)[C@H](C)N(Cc1ccc(Cl)cc1Cl)C(=O)CN(c1cccc(Cl)c1Cl)S(C)(=O)=O. The van der Waals surface area contributed by atoms with Crippen LogP contribution in [0, 0.1) is 0 Å². The number of amides is 2. The summed E-state index contributed by atoms with van der Waals surface area (Å²) < 4.78 is 26.1. The van der Waals surface area contributed by atoms with E-state index in [1.165, 1.54) is 29.2 Å². The molecule has 192 valence electrons. The van der Waals surface area contributed by atoms with E-state index in [9.17, 15) is 18.0 Å². The van der Waals surface area contributed by atoms with Crippen LogP contribution >= 0.6 is 46.4 Å². The van der Waals surface area contributed by atoms with E-state index < -0.39 is 28.5 Å². The molecule has 2 rings (SSSR count). The van der Waals surface area contributed by atoms with E-state index in [2.05, 4.69) is 5.32 Å². The first-order valence-electron chi connectivity index (χ1n) is 10.7. The van der Waals surface area contributed by atoms with Gasteiger partial charge in [0.05, 0.1) is 22.0 Å². The lowest BCUT2D eigenvalue weighted by Crippen LogP contribution is -2.52. The van der Waals surface area contributed by atoms with Crippen LogP contribution in [-0.2, 0) is 26.2 Å². The van der Waals surface area contributed by atoms with Crippen LogP contribution in [0.5, 0.6) is 0 Å². The topological polar surface area (TPSA) is 86.8 Å². The third-order valence-corrected chi connectivity index (χ3v) is 7.93. The van der Waals surface area contributed by atoms with E-state index in [-0.39, 0.29) is 34.2 Å². The Morgan fingerprint density at radius 1 is 1.03 bits per heavy atom. The van der Waals surface area contributed by atoms with E-state index in [1.54, 1.807) is 19.1 Å². The quantitative estimate of drug-likeness (QED) is 0.406. The summed E-state index contributed by atoms with van der Waals surface area (Å²) in [6.45, 7) is 4.68. The highest BCUT2D eigenvalue weighted by molar-refractivity contribution is 7.92. The van der Waals surface area contributed by atoms with Crippen molar-refractivity contribution in [3.8, 4) is 0 Å². The van der Waals surface area contributed by atoms with E-state index in [0.717, 1.165) is 10.6 Å². The minimum absolute atomic E-state index is 0.0118. The Hall–Kier alpha value is -1.71. The summed E-state index contributed by atoms with van der Waals surface area (Å²) in [5.41, 5.74) is 0.593. The van der Waals surface area contributed by atoms with Crippen LogP contribution in [0.1, 0.15) is 32.8 Å². The van der Waals surface area contributed by atoms with Gasteiger partial charge in [-0.15, -0.1) is 0 Å². The second-order valence-electron chi connectivity index (χ2n) is 8.09. The summed E-state index contributed by atoms with van der Waals surface area (Å²) >= 11 is 24.6. The summed E-state index contributed by atoms with van der Waals surface area (Å²) in [7, 11) is -3.94. The molecule has 0 aliphatic carbocycles. The van der Waals surface area contributed by atoms with Crippen LogP contribution < -0.4 is 9.62 Å². The molecule has 35 heavy (non-hydrogen) atoms. The summed E-state index contributed by atoms with van der Waals surface area (Å²) in [6.07, 6.45) is 1.65. The first kappa shape index (κ1) is 29.5. The lowest BCUT2D eigenvalue weighted by Gasteiger charge is -2.32. The van der Waals surface area contributed by atoms with Crippen molar-refractivity contribution >= 4 is 73.9 Å². The van der Waals surface area contributed by atoms with Crippen LogP contribution in [0.4, 0.5) is 5.69 Å². The second kappa shape index (κ2) is 12.5. The third kappa shape index (κ3) is 7.89. The number of rotatable bonds is 10. The number of halogens is 4. The third-order valence-electron chi connectivity index (χ3n) is 5.40. The molecule has 0 heterocycles. The fourth-order valence-electron chi connectivity index (χ4n) is 3.16. The number of hydrogen-bond acceptors (Lipinski definition) is 4. The molecule has 0 unspecified atom stereocenters. The van der Waals surface area contributed by atoms with E-state index in [0.29, 0.717) is 22.0 Å².